The summed E-state index contributed by atoms with van der Waals surface area (Å²) >= 11 is 0. The molecule has 5 nitrogen and oxygen atoms in total. The van der Waals surface area contributed by atoms with Crippen molar-refractivity contribution in [3.8, 4) is 0 Å². The van der Waals surface area contributed by atoms with Gasteiger partial charge in [-0.2, -0.15) is 5.10 Å². The Kier molecular flexibility index (Phi) is 3.12. The van der Waals surface area contributed by atoms with Crippen LogP contribution in [-0.2, 0) is 9.47 Å². The van der Waals surface area contributed by atoms with E-state index in [-0.39, 0.29) is 23.6 Å². The summed E-state index contributed by atoms with van der Waals surface area (Å²) < 4.78 is 11.4. The van der Waals surface area contributed by atoms with Gasteiger partial charge in [-0.25, -0.2) is 4.79 Å². The van der Waals surface area contributed by atoms with Crippen LogP contribution in [-0.4, -0.2) is 35.0 Å². The highest BCUT2D eigenvalue weighted by Gasteiger charge is 2.61. The standard InChI is InChI=1S/C15H22N2O3/c1-8(2)10-7-11(17-16-10)14(18)20-13-9-5-6-19-12(9)15(13,3)4/h7-9,12-13H,5-6H2,1-4H3,(H,16,17)/t9-,12+,13-/m1/s1. The normalized spacial score (nSPS) is 30.9. The molecule has 5 heteroatoms. The van der Waals surface area contributed by atoms with Crippen molar-refractivity contribution in [2.45, 2.75) is 52.2 Å². The molecule has 1 aromatic rings. The van der Waals surface area contributed by atoms with Crippen molar-refractivity contribution in [1.29, 1.82) is 0 Å². The molecule has 1 N–H and O–H groups in total. The first-order valence-electron chi connectivity index (χ1n) is 7.29. The number of nitrogens with zero attached hydrogens (tertiary/aromatic N) is 1. The van der Waals surface area contributed by atoms with Gasteiger partial charge in [0.05, 0.1) is 6.10 Å². The van der Waals surface area contributed by atoms with E-state index in [1.165, 1.54) is 0 Å². The van der Waals surface area contributed by atoms with E-state index in [0.717, 1.165) is 18.7 Å². The van der Waals surface area contributed by atoms with E-state index >= 15 is 0 Å². The maximum absolute atomic E-state index is 12.2. The molecule has 20 heavy (non-hydrogen) atoms. The molecule has 0 unspecified atom stereocenters. The Morgan fingerprint density at radius 2 is 2.30 bits per heavy atom. The lowest BCUT2D eigenvalue weighted by atomic mass is 9.59. The summed E-state index contributed by atoms with van der Waals surface area (Å²) in [7, 11) is 0. The number of rotatable bonds is 3. The van der Waals surface area contributed by atoms with Crippen LogP contribution >= 0.6 is 0 Å². The second-order valence-corrected chi connectivity index (χ2v) is 6.75. The summed E-state index contributed by atoms with van der Waals surface area (Å²) in [4.78, 5) is 12.2. The minimum absolute atomic E-state index is 0.0679. The third kappa shape index (κ3) is 1.95. The van der Waals surface area contributed by atoms with Gasteiger partial charge < -0.3 is 9.47 Å². The fourth-order valence-corrected chi connectivity index (χ4v) is 3.43. The molecule has 0 aromatic carbocycles. The molecule has 3 rings (SSSR count). The summed E-state index contributed by atoms with van der Waals surface area (Å²) in [6, 6.07) is 1.78. The summed E-state index contributed by atoms with van der Waals surface area (Å²) in [5.41, 5.74) is 1.22. The highest BCUT2D eigenvalue weighted by molar-refractivity contribution is 5.87. The zero-order valence-electron chi connectivity index (χ0n) is 12.5. The zero-order valence-corrected chi connectivity index (χ0v) is 12.5. The number of nitrogens with one attached hydrogen (secondary N) is 1. The van der Waals surface area contributed by atoms with Crippen molar-refractivity contribution in [1.82, 2.24) is 10.2 Å². The number of esters is 1. The largest absolute Gasteiger partial charge is 0.457 e. The molecule has 0 spiro atoms. The number of H-pyrrole nitrogens is 1. The van der Waals surface area contributed by atoms with Gasteiger partial charge >= 0.3 is 5.97 Å². The Bertz CT molecular complexity index is 521. The van der Waals surface area contributed by atoms with Crippen LogP contribution in [0.2, 0.25) is 0 Å². The predicted octanol–water partition coefficient (Wildman–Crippen LogP) is 2.50. The van der Waals surface area contributed by atoms with Crippen molar-refractivity contribution in [2.75, 3.05) is 6.61 Å². The van der Waals surface area contributed by atoms with Gasteiger partial charge in [0.15, 0.2) is 5.69 Å². The first-order valence-corrected chi connectivity index (χ1v) is 7.29. The minimum Gasteiger partial charge on any atom is -0.457 e. The molecule has 2 fully saturated rings. The van der Waals surface area contributed by atoms with Gasteiger partial charge in [0.25, 0.3) is 0 Å². The Labute approximate surface area is 119 Å². The smallest absolute Gasteiger partial charge is 0.359 e. The van der Waals surface area contributed by atoms with Crippen molar-refractivity contribution < 1.29 is 14.3 Å². The fraction of sp³-hybridized carbons (Fsp3) is 0.733. The highest BCUT2D eigenvalue weighted by atomic mass is 16.6. The SMILES string of the molecule is CC(C)c1cc(C(=O)O[C@@H]2[C@@H]3CCO[C@@H]3C2(C)C)n[nH]1. The molecule has 0 amide bonds. The van der Waals surface area contributed by atoms with Crippen LogP contribution in [0.3, 0.4) is 0 Å². The average Bonchev–Trinajstić information content (AvgIpc) is 3.03. The third-order valence-corrected chi connectivity index (χ3v) is 4.66. The van der Waals surface area contributed by atoms with Crippen LogP contribution in [0, 0.1) is 11.3 Å². The minimum atomic E-state index is -0.337. The number of ether oxygens (including phenoxy) is 2. The fourth-order valence-electron chi connectivity index (χ4n) is 3.43. The van der Waals surface area contributed by atoms with Gasteiger partial charge in [-0.15, -0.1) is 0 Å². The van der Waals surface area contributed by atoms with E-state index in [0.29, 0.717) is 17.5 Å². The van der Waals surface area contributed by atoms with Gasteiger partial charge in [0, 0.05) is 23.6 Å². The maximum Gasteiger partial charge on any atom is 0.359 e. The molecule has 2 heterocycles. The van der Waals surface area contributed by atoms with Crippen molar-refractivity contribution in [2.24, 2.45) is 11.3 Å². The first kappa shape index (κ1) is 13.6. The van der Waals surface area contributed by atoms with Crippen LogP contribution < -0.4 is 0 Å². The molecular weight excluding hydrogens is 256 g/mol. The van der Waals surface area contributed by atoms with Gasteiger partial charge in [0.2, 0.25) is 0 Å². The van der Waals surface area contributed by atoms with E-state index in [9.17, 15) is 4.79 Å². The lowest BCUT2D eigenvalue weighted by Crippen LogP contribution is -2.61. The van der Waals surface area contributed by atoms with E-state index in [1.807, 2.05) is 0 Å². The van der Waals surface area contributed by atoms with Crippen molar-refractivity contribution in [3.05, 3.63) is 17.5 Å². The molecule has 110 valence electrons. The first-order chi connectivity index (χ1) is 9.41. The molecule has 1 aromatic heterocycles. The molecule has 3 atom stereocenters. The molecule has 0 radical (unpaired) electrons. The molecule has 1 saturated carbocycles. The molecule has 1 aliphatic carbocycles. The van der Waals surface area contributed by atoms with Crippen LogP contribution in [0.25, 0.3) is 0 Å². The van der Waals surface area contributed by atoms with E-state index in [4.69, 9.17) is 9.47 Å². The van der Waals surface area contributed by atoms with Crippen LogP contribution in [0.5, 0.6) is 0 Å². The van der Waals surface area contributed by atoms with E-state index in [2.05, 4.69) is 37.9 Å². The molecule has 1 aliphatic heterocycles. The molecular formula is C15H22N2O3. The lowest BCUT2D eigenvalue weighted by molar-refractivity contribution is -0.183. The summed E-state index contributed by atoms with van der Waals surface area (Å²) in [6.07, 6.45) is 1.14. The number of aromatic amines is 1. The van der Waals surface area contributed by atoms with Crippen molar-refractivity contribution in [3.63, 3.8) is 0 Å². The monoisotopic (exact) mass is 278 g/mol. The third-order valence-electron chi connectivity index (χ3n) is 4.66. The van der Waals surface area contributed by atoms with Crippen LogP contribution in [0.1, 0.15) is 56.2 Å². The quantitative estimate of drug-likeness (QED) is 0.863. The summed E-state index contributed by atoms with van der Waals surface area (Å²) in [5, 5.41) is 6.94. The summed E-state index contributed by atoms with van der Waals surface area (Å²) in [5.74, 6) is 0.325. The number of fused-ring (bicyclic) bond motifs is 1. The topological polar surface area (TPSA) is 64.2 Å². The molecule has 0 bridgehead atoms. The number of aromatic nitrogens is 2. The number of carbonyl (C=O) groups is 1. The Morgan fingerprint density at radius 1 is 1.55 bits per heavy atom. The van der Waals surface area contributed by atoms with Crippen LogP contribution in [0.15, 0.2) is 6.07 Å². The average molecular weight is 278 g/mol. The molecule has 2 aliphatic rings. The van der Waals surface area contributed by atoms with Gasteiger partial charge in [-0.05, 0) is 18.4 Å². The highest BCUT2D eigenvalue weighted by Crippen LogP contribution is 2.53. The number of hydrogen-bond acceptors (Lipinski definition) is 4. The van der Waals surface area contributed by atoms with Gasteiger partial charge in [-0.3, -0.25) is 5.10 Å². The number of carbonyl (C=O) groups excluding carboxylic acids is 1. The zero-order chi connectivity index (χ0) is 14.5. The predicted molar refractivity (Wildman–Crippen MR) is 73.5 cm³/mol. The van der Waals surface area contributed by atoms with Gasteiger partial charge in [0.1, 0.15) is 6.10 Å². The lowest BCUT2D eigenvalue weighted by Gasteiger charge is -2.52. The molecule has 1 saturated heterocycles. The van der Waals surface area contributed by atoms with Crippen molar-refractivity contribution >= 4 is 5.97 Å². The van der Waals surface area contributed by atoms with Crippen LogP contribution in [0.4, 0.5) is 0 Å². The van der Waals surface area contributed by atoms with E-state index in [1.54, 1.807) is 6.07 Å². The number of hydrogen-bond donors (Lipinski definition) is 1. The van der Waals surface area contributed by atoms with Gasteiger partial charge in [-0.1, -0.05) is 27.7 Å². The Morgan fingerprint density at radius 3 is 2.95 bits per heavy atom. The Balaban J connectivity index is 1.69. The summed E-state index contributed by atoms with van der Waals surface area (Å²) in [6.45, 7) is 9.08. The second-order valence-electron chi connectivity index (χ2n) is 6.75. The maximum atomic E-state index is 12.2. The second kappa shape index (κ2) is 4.58. The Hall–Kier alpha value is -1.36. The van der Waals surface area contributed by atoms with E-state index < -0.39 is 0 Å².